The van der Waals surface area contributed by atoms with Crippen LogP contribution in [-0.4, -0.2) is 51.6 Å². The number of ether oxygens (including phenoxy) is 1. The molecule has 0 bridgehead atoms. The maximum atomic E-state index is 11.1. The maximum Gasteiger partial charge on any atom is 0.100 e. The molecule has 1 N–H and O–H groups in total. The second-order valence-electron chi connectivity index (χ2n) is 6.35. The lowest BCUT2D eigenvalue weighted by Gasteiger charge is -2.46. The van der Waals surface area contributed by atoms with Crippen LogP contribution in [0.1, 0.15) is 50.7 Å². The predicted molar refractivity (Wildman–Crippen MR) is 81.1 cm³/mol. The summed E-state index contributed by atoms with van der Waals surface area (Å²) >= 11 is 0. The molecule has 118 valence electrons. The van der Waals surface area contributed by atoms with Gasteiger partial charge in [0, 0.05) is 31.4 Å². The predicted octanol–water partition coefficient (Wildman–Crippen LogP) is 1.97. The van der Waals surface area contributed by atoms with Crippen molar-refractivity contribution in [3.05, 3.63) is 18.0 Å². The van der Waals surface area contributed by atoms with Gasteiger partial charge in [0.25, 0.3) is 0 Å². The minimum Gasteiger partial charge on any atom is -0.386 e. The first-order chi connectivity index (χ1) is 10.3. The van der Waals surface area contributed by atoms with E-state index in [9.17, 15) is 5.11 Å². The quantitative estimate of drug-likeness (QED) is 0.902. The lowest BCUT2D eigenvalue weighted by atomic mass is 9.85. The Morgan fingerprint density at radius 3 is 2.71 bits per heavy atom. The van der Waals surface area contributed by atoms with Gasteiger partial charge in [-0.25, -0.2) is 0 Å². The van der Waals surface area contributed by atoms with Gasteiger partial charge >= 0.3 is 0 Å². The first kappa shape index (κ1) is 15.0. The number of hydrogen-bond acceptors (Lipinski definition) is 4. The van der Waals surface area contributed by atoms with Crippen molar-refractivity contribution in [3.8, 4) is 0 Å². The molecule has 1 aliphatic heterocycles. The summed E-state index contributed by atoms with van der Waals surface area (Å²) < 4.78 is 7.43. The van der Waals surface area contributed by atoms with Crippen LogP contribution in [0.5, 0.6) is 0 Å². The SMILES string of the molecule is CCCn1cc(C(O)C2(N3CCOCC3)CCCC2)cn1. The minimum absolute atomic E-state index is 0.107. The molecule has 0 aromatic carbocycles. The molecule has 1 aromatic heterocycles. The smallest absolute Gasteiger partial charge is 0.100 e. The van der Waals surface area contributed by atoms with Crippen LogP contribution < -0.4 is 0 Å². The summed E-state index contributed by atoms with van der Waals surface area (Å²) in [6.45, 7) is 6.48. The number of aryl methyl sites for hydroxylation is 1. The Balaban J connectivity index is 1.81. The van der Waals surface area contributed by atoms with E-state index in [4.69, 9.17) is 4.74 Å². The van der Waals surface area contributed by atoms with E-state index in [2.05, 4.69) is 16.9 Å². The van der Waals surface area contributed by atoms with Gasteiger partial charge in [-0.1, -0.05) is 19.8 Å². The fraction of sp³-hybridized carbons (Fsp3) is 0.812. The van der Waals surface area contributed by atoms with Crippen LogP contribution in [0.3, 0.4) is 0 Å². The van der Waals surface area contributed by atoms with Crippen LogP contribution in [0.15, 0.2) is 12.4 Å². The summed E-state index contributed by atoms with van der Waals surface area (Å²) in [7, 11) is 0. The number of aliphatic hydroxyl groups excluding tert-OH is 1. The van der Waals surface area contributed by atoms with Gasteiger partial charge in [0.1, 0.15) is 6.10 Å². The van der Waals surface area contributed by atoms with E-state index in [0.29, 0.717) is 0 Å². The topological polar surface area (TPSA) is 50.5 Å². The van der Waals surface area contributed by atoms with Crippen molar-refractivity contribution in [3.63, 3.8) is 0 Å². The fourth-order valence-corrected chi connectivity index (χ4v) is 3.94. The standard InChI is InChI=1S/C16H27N3O2/c1-2-7-19-13-14(12-17-19)15(20)16(5-3-4-6-16)18-8-10-21-11-9-18/h12-13,15,20H,2-11H2,1H3. The third-order valence-electron chi connectivity index (χ3n) is 5.04. The molecule has 2 aliphatic rings. The van der Waals surface area contributed by atoms with Gasteiger partial charge < -0.3 is 9.84 Å². The summed E-state index contributed by atoms with van der Waals surface area (Å²) in [5.74, 6) is 0. The normalized spacial score (nSPS) is 24.3. The number of aromatic nitrogens is 2. The molecule has 1 aliphatic carbocycles. The van der Waals surface area contributed by atoms with E-state index in [1.54, 1.807) is 0 Å². The number of nitrogens with zero attached hydrogens (tertiary/aromatic N) is 3. The van der Waals surface area contributed by atoms with Gasteiger partial charge in [-0.05, 0) is 19.3 Å². The summed E-state index contributed by atoms with van der Waals surface area (Å²) in [5, 5.41) is 15.5. The molecule has 2 heterocycles. The van der Waals surface area contributed by atoms with Crippen molar-refractivity contribution in [1.29, 1.82) is 0 Å². The molecule has 0 radical (unpaired) electrons. The Kier molecular flexibility index (Phi) is 4.62. The zero-order valence-corrected chi connectivity index (χ0v) is 13.0. The van der Waals surface area contributed by atoms with Crippen LogP contribution in [0.25, 0.3) is 0 Å². The van der Waals surface area contributed by atoms with Gasteiger partial charge in [-0.15, -0.1) is 0 Å². The molecule has 5 nitrogen and oxygen atoms in total. The first-order valence-corrected chi connectivity index (χ1v) is 8.29. The molecule has 1 saturated carbocycles. The van der Waals surface area contributed by atoms with Crippen molar-refractivity contribution in [2.45, 2.75) is 57.2 Å². The molecule has 1 atom stereocenters. The molecular formula is C16H27N3O2. The van der Waals surface area contributed by atoms with Crippen LogP contribution in [0.2, 0.25) is 0 Å². The molecule has 1 unspecified atom stereocenters. The molecule has 0 amide bonds. The van der Waals surface area contributed by atoms with E-state index >= 15 is 0 Å². The third-order valence-corrected chi connectivity index (χ3v) is 5.04. The van der Waals surface area contributed by atoms with Gasteiger partial charge in [0.15, 0.2) is 0 Å². The highest BCUT2D eigenvalue weighted by Gasteiger charge is 2.46. The van der Waals surface area contributed by atoms with Crippen molar-refractivity contribution in [2.75, 3.05) is 26.3 Å². The molecule has 21 heavy (non-hydrogen) atoms. The van der Waals surface area contributed by atoms with Gasteiger partial charge in [-0.3, -0.25) is 9.58 Å². The highest BCUT2D eigenvalue weighted by molar-refractivity contribution is 5.17. The van der Waals surface area contributed by atoms with E-state index in [0.717, 1.165) is 57.7 Å². The maximum absolute atomic E-state index is 11.1. The Morgan fingerprint density at radius 1 is 1.33 bits per heavy atom. The van der Waals surface area contributed by atoms with Gasteiger partial charge in [-0.2, -0.15) is 5.10 Å². The summed E-state index contributed by atoms with van der Waals surface area (Å²) in [5.41, 5.74) is 0.862. The number of morpholine rings is 1. The second kappa shape index (κ2) is 6.46. The van der Waals surface area contributed by atoms with Gasteiger partial charge in [0.05, 0.1) is 24.9 Å². The van der Waals surface area contributed by atoms with Crippen LogP contribution in [0.4, 0.5) is 0 Å². The largest absolute Gasteiger partial charge is 0.386 e. The summed E-state index contributed by atoms with van der Waals surface area (Å²) in [4.78, 5) is 2.46. The van der Waals surface area contributed by atoms with Crippen molar-refractivity contribution >= 4 is 0 Å². The average molecular weight is 293 g/mol. The monoisotopic (exact) mass is 293 g/mol. The Bertz CT molecular complexity index is 448. The lowest BCUT2D eigenvalue weighted by molar-refractivity contribution is -0.0774. The molecule has 0 spiro atoms. The summed E-state index contributed by atoms with van der Waals surface area (Å²) in [6.07, 6.45) is 9.06. The van der Waals surface area contributed by atoms with Crippen molar-refractivity contribution < 1.29 is 9.84 Å². The molecular weight excluding hydrogens is 266 g/mol. The molecule has 1 saturated heterocycles. The molecule has 5 heteroatoms. The fourth-order valence-electron chi connectivity index (χ4n) is 3.94. The zero-order valence-electron chi connectivity index (χ0n) is 13.0. The van der Waals surface area contributed by atoms with Crippen molar-refractivity contribution in [2.24, 2.45) is 0 Å². The Morgan fingerprint density at radius 2 is 2.05 bits per heavy atom. The minimum atomic E-state index is -0.441. The molecule has 2 fully saturated rings. The van der Waals surface area contributed by atoms with E-state index in [1.165, 1.54) is 12.8 Å². The second-order valence-corrected chi connectivity index (χ2v) is 6.35. The Labute approximate surface area is 126 Å². The van der Waals surface area contributed by atoms with Crippen molar-refractivity contribution in [1.82, 2.24) is 14.7 Å². The number of aliphatic hydroxyl groups is 1. The Hall–Kier alpha value is -0.910. The molecule has 1 aromatic rings. The number of hydrogen-bond donors (Lipinski definition) is 1. The van der Waals surface area contributed by atoms with Crippen LogP contribution in [0, 0.1) is 0 Å². The van der Waals surface area contributed by atoms with Crippen LogP contribution >= 0.6 is 0 Å². The highest BCUT2D eigenvalue weighted by Crippen LogP contribution is 2.44. The number of rotatable bonds is 5. The van der Waals surface area contributed by atoms with E-state index < -0.39 is 6.10 Å². The third kappa shape index (κ3) is 2.87. The molecule has 3 rings (SSSR count). The zero-order chi connectivity index (χ0) is 14.7. The average Bonchev–Trinajstić information content (AvgIpc) is 3.18. The lowest BCUT2D eigenvalue weighted by Crippen LogP contribution is -2.55. The van der Waals surface area contributed by atoms with Crippen LogP contribution in [-0.2, 0) is 11.3 Å². The highest BCUT2D eigenvalue weighted by atomic mass is 16.5. The van der Waals surface area contributed by atoms with E-state index in [1.807, 2.05) is 17.1 Å². The summed E-state index contributed by atoms with van der Waals surface area (Å²) in [6, 6.07) is 0. The van der Waals surface area contributed by atoms with Gasteiger partial charge in [0.2, 0.25) is 0 Å². The first-order valence-electron chi connectivity index (χ1n) is 8.29. The van der Waals surface area contributed by atoms with E-state index in [-0.39, 0.29) is 5.54 Å².